The van der Waals surface area contributed by atoms with Gasteiger partial charge in [-0.2, -0.15) is 0 Å². The second-order valence-corrected chi connectivity index (χ2v) is 5.92. The first-order chi connectivity index (χ1) is 7.44. The number of amides is 1. The average molecular weight is 226 g/mol. The molecule has 3 nitrogen and oxygen atoms in total. The Hall–Kier alpha value is -0.570. The van der Waals surface area contributed by atoms with Gasteiger partial charge in [-0.05, 0) is 37.8 Å². The largest absolute Gasteiger partial charge is 0.342 e. The molecule has 0 spiro atoms. The maximum atomic E-state index is 11.9. The maximum absolute atomic E-state index is 11.9. The van der Waals surface area contributed by atoms with Crippen LogP contribution in [0, 0.1) is 11.3 Å². The normalized spacial score (nSPS) is 23.0. The molecule has 1 aliphatic heterocycles. The lowest BCUT2D eigenvalue weighted by Gasteiger charge is -2.25. The minimum Gasteiger partial charge on any atom is -0.342 e. The van der Waals surface area contributed by atoms with Crippen LogP contribution in [0.3, 0.4) is 0 Å². The van der Waals surface area contributed by atoms with Crippen LogP contribution in [-0.2, 0) is 4.79 Å². The van der Waals surface area contributed by atoms with Crippen molar-refractivity contribution in [1.82, 2.24) is 10.2 Å². The van der Waals surface area contributed by atoms with Gasteiger partial charge in [-0.3, -0.25) is 4.79 Å². The maximum Gasteiger partial charge on any atom is 0.222 e. The quantitative estimate of drug-likeness (QED) is 0.794. The van der Waals surface area contributed by atoms with Gasteiger partial charge in [0.25, 0.3) is 0 Å². The molecular weight excluding hydrogens is 200 g/mol. The van der Waals surface area contributed by atoms with Gasteiger partial charge in [0.15, 0.2) is 0 Å². The molecule has 1 atom stereocenters. The van der Waals surface area contributed by atoms with E-state index in [-0.39, 0.29) is 0 Å². The molecule has 0 aromatic rings. The molecule has 94 valence electrons. The lowest BCUT2D eigenvalue weighted by atomic mass is 9.85. The standard InChI is InChI=1S/C13H26N2O/c1-11(9-14-4)10-15-8-7-13(2,3)6-5-12(15)16/h11,14H,5-10H2,1-4H3. The topological polar surface area (TPSA) is 32.3 Å². The molecule has 0 aliphatic carbocycles. The second kappa shape index (κ2) is 5.67. The Bertz CT molecular complexity index is 238. The highest BCUT2D eigenvalue weighted by Crippen LogP contribution is 2.30. The van der Waals surface area contributed by atoms with E-state index >= 15 is 0 Å². The molecule has 16 heavy (non-hydrogen) atoms. The van der Waals surface area contributed by atoms with Gasteiger partial charge in [0.2, 0.25) is 5.91 Å². The van der Waals surface area contributed by atoms with Crippen molar-refractivity contribution in [2.75, 3.05) is 26.7 Å². The monoisotopic (exact) mass is 226 g/mol. The second-order valence-electron chi connectivity index (χ2n) is 5.92. The van der Waals surface area contributed by atoms with Crippen molar-refractivity contribution in [3.05, 3.63) is 0 Å². The summed E-state index contributed by atoms with van der Waals surface area (Å²) in [4.78, 5) is 14.0. The Morgan fingerprint density at radius 3 is 2.75 bits per heavy atom. The van der Waals surface area contributed by atoms with Crippen LogP contribution in [0.1, 0.15) is 40.0 Å². The summed E-state index contributed by atoms with van der Waals surface area (Å²) in [5.41, 5.74) is 0.330. The molecule has 0 bridgehead atoms. The summed E-state index contributed by atoms with van der Waals surface area (Å²) in [6, 6.07) is 0. The highest BCUT2D eigenvalue weighted by molar-refractivity contribution is 5.76. The number of hydrogen-bond donors (Lipinski definition) is 1. The van der Waals surface area contributed by atoms with Gasteiger partial charge in [0.05, 0.1) is 0 Å². The van der Waals surface area contributed by atoms with E-state index in [1.807, 2.05) is 7.05 Å². The summed E-state index contributed by atoms with van der Waals surface area (Å²) in [6.45, 7) is 9.53. The molecule has 1 heterocycles. The Morgan fingerprint density at radius 1 is 1.44 bits per heavy atom. The Kier molecular flexibility index (Phi) is 4.78. The van der Waals surface area contributed by atoms with Crippen LogP contribution < -0.4 is 5.32 Å². The SMILES string of the molecule is CNCC(C)CN1CCC(C)(C)CCC1=O. The molecule has 0 saturated carbocycles. The Morgan fingerprint density at radius 2 is 2.12 bits per heavy atom. The van der Waals surface area contributed by atoms with Gasteiger partial charge in [0.1, 0.15) is 0 Å². The number of carbonyl (C=O) groups is 1. The fraction of sp³-hybridized carbons (Fsp3) is 0.923. The minimum atomic E-state index is 0.330. The van der Waals surface area contributed by atoms with E-state index in [0.717, 1.165) is 38.9 Å². The van der Waals surface area contributed by atoms with Gasteiger partial charge in [-0.1, -0.05) is 20.8 Å². The van der Waals surface area contributed by atoms with Crippen molar-refractivity contribution in [3.8, 4) is 0 Å². The van der Waals surface area contributed by atoms with Gasteiger partial charge in [-0.15, -0.1) is 0 Å². The Balaban J connectivity index is 2.49. The zero-order valence-corrected chi connectivity index (χ0v) is 11.2. The molecule has 0 radical (unpaired) electrons. The fourth-order valence-electron chi connectivity index (χ4n) is 2.27. The van der Waals surface area contributed by atoms with Crippen molar-refractivity contribution in [2.45, 2.75) is 40.0 Å². The van der Waals surface area contributed by atoms with Crippen molar-refractivity contribution in [3.63, 3.8) is 0 Å². The molecule has 1 rings (SSSR count). The number of nitrogens with one attached hydrogen (secondary N) is 1. The number of rotatable bonds is 4. The van der Waals surface area contributed by atoms with Crippen molar-refractivity contribution in [1.29, 1.82) is 0 Å². The molecule has 0 aromatic heterocycles. The fourth-order valence-corrected chi connectivity index (χ4v) is 2.27. The van der Waals surface area contributed by atoms with Crippen molar-refractivity contribution >= 4 is 5.91 Å². The number of nitrogens with zero attached hydrogens (tertiary/aromatic N) is 1. The lowest BCUT2D eigenvalue weighted by Crippen LogP contribution is -2.37. The highest BCUT2D eigenvalue weighted by Gasteiger charge is 2.27. The first-order valence-corrected chi connectivity index (χ1v) is 6.37. The summed E-state index contributed by atoms with van der Waals surface area (Å²) in [5.74, 6) is 0.878. The van der Waals surface area contributed by atoms with E-state index in [4.69, 9.17) is 0 Å². The summed E-state index contributed by atoms with van der Waals surface area (Å²) in [6.07, 6.45) is 2.88. The van der Waals surface area contributed by atoms with Crippen molar-refractivity contribution in [2.24, 2.45) is 11.3 Å². The van der Waals surface area contributed by atoms with Gasteiger partial charge in [-0.25, -0.2) is 0 Å². The predicted octanol–water partition coefficient (Wildman–Crippen LogP) is 1.88. The summed E-state index contributed by atoms with van der Waals surface area (Å²) < 4.78 is 0. The van der Waals surface area contributed by atoms with E-state index in [1.165, 1.54) is 0 Å². The first kappa shape index (κ1) is 13.5. The van der Waals surface area contributed by atoms with Crippen LogP contribution >= 0.6 is 0 Å². The number of likely N-dealkylation sites (tertiary alicyclic amines) is 1. The third-order valence-corrected chi connectivity index (χ3v) is 3.51. The van der Waals surface area contributed by atoms with E-state index in [2.05, 4.69) is 31.0 Å². The van der Waals surface area contributed by atoms with Gasteiger partial charge < -0.3 is 10.2 Å². The van der Waals surface area contributed by atoms with Crippen LogP contribution in [0.5, 0.6) is 0 Å². The molecule has 1 fully saturated rings. The molecule has 1 unspecified atom stereocenters. The van der Waals surface area contributed by atoms with E-state index in [0.29, 0.717) is 17.2 Å². The first-order valence-electron chi connectivity index (χ1n) is 6.37. The molecule has 1 aliphatic rings. The molecule has 3 heteroatoms. The molecule has 1 saturated heterocycles. The summed E-state index contributed by atoms with van der Waals surface area (Å²) in [7, 11) is 1.96. The third kappa shape index (κ3) is 4.12. The minimum absolute atomic E-state index is 0.330. The smallest absolute Gasteiger partial charge is 0.222 e. The number of hydrogen-bond acceptors (Lipinski definition) is 2. The molecule has 1 N–H and O–H groups in total. The van der Waals surface area contributed by atoms with Gasteiger partial charge >= 0.3 is 0 Å². The van der Waals surface area contributed by atoms with Crippen LogP contribution in [0.25, 0.3) is 0 Å². The third-order valence-electron chi connectivity index (χ3n) is 3.51. The predicted molar refractivity (Wildman–Crippen MR) is 67.3 cm³/mol. The zero-order chi connectivity index (χ0) is 12.2. The molecular formula is C13H26N2O. The molecule has 0 aromatic carbocycles. The van der Waals surface area contributed by atoms with Crippen LogP contribution in [0.15, 0.2) is 0 Å². The number of carbonyl (C=O) groups excluding carboxylic acids is 1. The van der Waals surface area contributed by atoms with E-state index < -0.39 is 0 Å². The Labute approximate surface area is 99.6 Å². The van der Waals surface area contributed by atoms with E-state index in [9.17, 15) is 4.79 Å². The van der Waals surface area contributed by atoms with Crippen molar-refractivity contribution < 1.29 is 4.79 Å². The summed E-state index contributed by atoms with van der Waals surface area (Å²) in [5, 5.41) is 3.17. The average Bonchev–Trinajstić information content (AvgIpc) is 2.31. The van der Waals surface area contributed by atoms with Crippen LogP contribution in [0.4, 0.5) is 0 Å². The zero-order valence-electron chi connectivity index (χ0n) is 11.2. The van der Waals surface area contributed by atoms with Crippen LogP contribution in [0.2, 0.25) is 0 Å². The van der Waals surface area contributed by atoms with Gasteiger partial charge in [0, 0.05) is 19.5 Å². The summed E-state index contributed by atoms with van der Waals surface area (Å²) >= 11 is 0. The molecule has 1 amide bonds. The lowest BCUT2D eigenvalue weighted by molar-refractivity contribution is -0.131. The van der Waals surface area contributed by atoms with Crippen LogP contribution in [-0.4, -0.2) is 37.5 Å². The van der Waals surface area contributed by atoms with E-state index in [1.54, 1.807) is 0 Å². The highest BCUT2D eigenvalue weighted by atomic mass is 16.2.